The molecule has 0 amide bonds. The van der Waals surface area contributed by atoms with Crippen molar-refractivity contribution in [3.05, 3.63) is 24.0 Å². The molecule has 1 aromatic heterocycles. The minimum atomic E-state index is -0.216. The van der Waals surface area contributed by atoms with E-state index in [1.54, 1.807) is 19.2 Å². The van der Waals surface area contributed by atoms with Crippen LogP contribution >= 0.6 is 0 Å². The number of aromatic hydroxyl groups is 1. The fourth-order valence-electron chi connectivity index (χ4n) is 1.95. The second-order valence-corrected chi connectivity index (χ2v) is 4.74. The summed E-state index contributed by atoms with van der Waals surface area (Å²) in [5.74, 6) is 1.52. The Morgan fingerprint density at radius 2 is 2.00 bits per heavy atom. The molecule has 0 aliphatic heterocycles. The zero-order chi connectivity index (χ0) is 14.7. The molecule has 1 N–H and O–H groups in total. The summed E-state index contributed by atoms with van der Waals surface area (Å²) in [6.07, 6.45) is -0.216. The van der Waals surface area contributed by atoms with Crippen LogP contribution in [0.1, 0.15) is 25.8 Å². The van der Waals surface area contributed by atoms with Gasteiger partial charge in [-0.05, 0) is 24.1 Å². The van der Waals surface area contributed by atoms with Crippen molar-refractivity contribution in [2.24, 2.45) is 5.92 Å². The summed E-state index contributed by atoms with van der Waals surface area (Å²) >= 11 is 0. The number of rotatable bonds is 5. The van der Waals surface area contributed by atoms with Crippen LogP contribution < -0.4 is 4.74 Å². The van der Waals surface area contributed by atoms with E-state index in [4.69, 9.17) is 14.0 Å². The van der Waals surface area contributed by atoms with Gasteiger partial charge in [0.1, 0.15) is 6.10 Å². The maximum atomic E-state index is 9.57. The maximum Gasteiger partial charge on any atom is 0.258 e. The molecule has 2 aromatic rings. The molecule has 0 saturated heterocycles. The van der Waals surface area contributed by atoms with E-state index in [0.29, 0.717) is 23.0 Å². The summed E-state index contributed by atoms with van der Waals surface area (Å²) in [5, 5.41) is 13.5. The Labute approximate surface area is 117 Å². The number of benzene rings is 1. The van der Waals surface area contributed by atoms with E-state index in [-0.39, 0.29) is 17.8 Å². The van der Waals surface area contributed by atoms with Crippen molar-refractivity contribution in [3.8, 4) is 23.0 Å². The highest BCUT2D eigenvalue weighted by atomic mass is 16.5. The largest absolute Gasteiger partial charge is 0.504 e. The Hall–Kier alpha value is -2.08. The van der Waals surface area contributed by atoms with Gasteiger partial charge in [-0.2, -0.15) is 4.98 Å². The van der Waals surface area contributed by atoms with Crippen molar-refractivity contribution in [2.75, 3.05) is 14.2 Å². The highest BCUT2D eigenvalue weighted by Crippen LogP contribution is 2.31. The maximum absolute atomic E-state index is 9.57. The van der Waals surface area contributed by atoms with E-state index in [1.165, 1.54) is 13.2 Å². The molecule has 2 rings (SSSR count). The number of phenolic OH excluding ortho intramolecular Hbond substituents is 1. The Balaban J connectivity index is 2.33. The Bertz CT molecular complexity index is 580. The van der Waals surface area contributed by atoms with Gasteiger partial charge in [-0.3, -0.25) is 0 Å². The number of ether oxygens (including phenoxy) is 2. The fraction of sp³-hybridized carbons (Fsp3) is 0.429. The lowest BCUT2D eigenvalue weighted by Gasteiger charge is -2.14. The van der Waals surface area contributed by atoms with Crippen molar-refractivity contribution >= 4 is 0 Å². The molecule has 0 radical (unpaired) electrons. The molecular formula is C14H18N2O4. The molecule has 0 aliphatic carbocycles. The molecule has 0 aliphatic rings. The third kappa shape index (κ3) is 2.75. The van der Waals surface area contributed by atoms with Gasteiger partial charge >= 0.3 is 0 Å². The van der Waals surface area contributed by atoms with Gasteiger partial charge in [0.25, 0.3) is 5.89 Å². The molecule has 1 unspecified atom stereocenters. The van der Waals surface area contributed by atoms with Crippen molar-refractivity contribution in [1.82, 2.24) is 10.1 Å². The second kappa shape index (κ2) is 5.92. The van der Waals surface area contributed by atoms with Gasteiger partial charge in [0.15, 0.2) is 11.5 Å². The standard InChI is InChI=1S/C14H18N2O4/c1-8(2)12(19-4)13-15-14(20-16-13)9-5-6-10(17)11(7-9)18-3/h5-8,12,17H,1-4H3. The molecule has 20 heavy (non-hydrogen) atoms. The van der Waals surface area contributed by atoms with E-state index >= 15 is 0 Å². The normalized spacial score (nSPS) is 12.7. The van der Waals surface area contributed by atoms with Crippen LogP contribution in [0, 0.1) is 5.92 Å². The SMILES string of the molecule is COc1cc(-c2nc(C(OC)C(C)C)no2)ccc1O. The molecule has 0 fully saturated rings. The van der Waals surface area contributed by atoms with Crippen LogP contribution in [-0.4, -0.2) is 29.5 Å². The van der Waals surface area contributed by atoms with Gasteiger partial charge in [0.05, 0.1) is 7.11 Å². The summed E-state index contributed by atoms with van der Waals surface area (Å²) in [4.78, 5) is 4.34. The quantitative estimate of drug-likeness (QED) is 0.906. The minimum absolute atomic E-state index is 0.0629. The summed E-state index contributed by atoms with van der Waals surface area (Å²) in [6.45, 7) is 4.04. The molecule has 1 atom stereocenters. The summed E-state index contributed by atoms with van der Waals surface area (Å²) in [6, 6.07) is 4.85. The molecule has 1 heterocycles. The first-order valence-corrected chi connectivity index (χ1v) is 6.30. The van der Waals surface area contributed by atoms with E-state index in [0.717, 1.165) is 0 Å². The van der Waals surface area contributed by atoms with Crippen LogP contribution in [0.25, 0.3) is 11.5 Å². The van der Waals surface area contributed by atoms with Crippen LogP contribution in [0.2, 0.25) is 0 Å². The number of nitrogens with zero attached hydrogens (tertiary/aromatic N) is 2. The van der Waals surface area contributed by atoms with E-state index in [9.17, 15) is 5.11 Å². The Morgan fingerprint density at radius 1 is 1.25 bits per heavy atom. The van der Waals surface area contributed by atoms with E-state index in [1.807, 2.05) is 13.8 Å². The highest BCUT2D eigenvalue weighted by molar-refractivity contribution is 5.59. The van der Waals surface area contributed by atoms with Crippen LogP contribution in [0.4, 0.5) is 0 Å². The number of methoxy groups -OCH3 is 2. The second-order valence-electron chi connectivity index (χ2n) is 4.74. The fourth-order valence-corrected chi connectivity index (χ4v) is 1.95. The first-order chi connectivity index (χ1) is 9.56. The van der Waals surface area contributed by atoms with Crippen LogP contribution in [0.5, 0.6) is 11.5 Å². The first kappa shape index (κ1) is 14.3. The lowest BCUT2D eigenvalue weighted by atomic mass is 10.1. The van der Waals surface area contributed by atoms with Gasteiger partial charge in [0, 0.05) is 12.7 Å². The molecule has 0 saturated carbocycles. The number of aromatic nitrogens is 2. The van der Waals surface area contributed by atoms with Gasteiger partial charge < -0.3 is 19.1 Å². The van der Waals surface area contributed by atoms with Gasteiger partial charge in [-0.1, -0.05) is 19.0 Å². The zero-order valence-electron chi connectivity index (χ0n) is 12.0. The number of phenols is 1. The zero-order valence-corrected chi connectivity index (χ0v) is 12.0. The monoisotopic (exact) mass is 278 g/mol. The molecule has 0 spiro atoms. The third-order valence-corrected chi connectivity index (χ3v) is 2.98. The lowest BCUT2D eigenvalue weighted by Crippen LogP contribution is -2.10. The third-order valence-electron chi connectivity index (χ3n) is 2.98. The van der Waals surface area contributed by atoms with Crippen LogP contribution in [0.3, 0.4) is 0 Å². The topological polar surface area (TPSA) is 77.6 Å². The van der Waals surface area contributed by atoms with Crippen molar-refractivity contribution in [3.63, 3.8) is 0 Å². The van der Waals surface area contributed by atoms with Gasteiger partial charge in [-0.15, -0.1) is 0 Å². The van der Waals surface area contributed by atoms with Crippen molar-refractivity contribution in [1.29, 1.82) is 0 Å². The average Bonchev–Trinajstić information content (AvgIpc) is 2.89. The van der Waals surface area contributed by atoms with Crippen molar-refractivity contribution in [2.45, 2.75) is 20.0 Å². The molecular weight excluding hydrogens is 260 g/mol. The first-order valence-electron chi connectivity index (χ1n) is 6.30. The summed E-state index contributed by atoms with van der Waals surface area (Å²) in [7, 11) is 3.10. The van der Waals surface area contributed by atoms with Gasteiger partial charge in [-0.25, -0.2) is 0 Å². The predicted octanol–water partition coefficient (Wildman–Crippen LogP) is 2.79. The predicted molar refractivity (Wildman–Crippen MR) is 72.5 cm³/mol. The molecule has 0 bridgehead atoms. The number of hydrogen-bond acceptors (Lipinski definition) is 6. The number of hydrogen-bond donors (Lipinski definition) is 1. The van der Waals surface area contributed by atoms with Crippen molar-refractivity contribution < 1.29 is 19.1 Å². The molecule has 108 valence electrons. The molecule has 6 nitrogen and oxygen atoms in total. The highest BCUT2D eigenvalue weighted by Gasteiger charge is 2.22. The van der Waals surface area contributed by atoms with Crippen LogP contribution in [-0.2, 0) is 4.74 Å². The smallest absolute Gasteiger partial charge is 0.258 e. The van der Waals surface area contributed by atoms with Gasteiger partial charge in [0.2, 0.25) is 5.82 Å². The summed E-state index contributed by atoms with van der Waals surface area (Å²) < 4.78 is 15.7. The average molecular weight is 278 g/mol. The minimum Gasteiger partial charge on any atom is -0.504 e. The molecule has 1 aromatic carbocycles. The molecule has 6 heteroatoms. The van der Waals surface area contributed by atoms with E-state index in [2.05, 4.69) is 10.1 Å². The van der Waals surface area contributed by atoms with E-state index < -0.39 is 0 Å². The Morgan fingerprint density at radius 3 is 2.60 bits per heavy atom. The van der Waals surface area contributed by atoms with Crippen LogP contribution in [0.15, 0.2) is 22.7 Å². The summed E-state index contributed by atoms with van der Waals surface area (Å²) in [5.41, 5.74) is 0.678. The Kier molecular flexibility index (Phi) is 4.24. The lowest BCUT2D eigenvalue weighted by molar-refractivity contribution is 0.0556.